The van der Waals surface area contributed by atoms with Crippen molar-refractivity contribution in [1.82, 2.24) is 0 Å². The third kappa shape index (κ3) is 8.05. The minimum atomic E-state index is 0.193. The quantitative estimate of drug-likeness (QED) is 0.436. The van der Waals surface area contributed by atoms with Crippen LogP contribution in [0.3, 0.4) is 0 Å². The van der Waals surface area contributed by atoms with Crippen molar-refractivity contribution in [3.05, 3.63) is 46.7 Å². The second-order valence-corrected chi connectivity index (χ2v) is 8.66. The van der Waals surface area contributed by atoms with E-state index in [0.29, 0.717) is 11.8 Å². The van der Waals surface area contributed by atoms with Gasteiger partial charge in [-0.15, -0.1) is 11.3 Å². The maximum atomic E-state index is 4.51. The third-order valence-corrected chi connectivity index (χ3v) is 5.49. The summed E-state index contributed by atoms with van der Waals surface area (Å²) in [7, 11) is 0. The number of thiophene rings is 1. The summed E-state index contributed by atoms with van der Waals surface area (Å²) in [6, 6.07) is 0. The molecule has 0 aliphatic heterocycles. The lowest BCUT2D eigenvalue weighted by atomic mass is 9.72. The lowest BCUT2D eigenvalue weighted by molar-refractivity contribution is 0.264. The molecular weight excluding hydrogens is 344 g/mol. The number of allylic oxidation sites excluding steroid dienone is 2. The normalized spacial score (nSPS) is 12.0. The van der Waals surface area contributed by atoms with Crippen LogP contribution in [0.25, 0.3) is 23.8 Å². The van der Waals surface area contributed by atoms with Crippen LogP contribution >= 0.6 is 11.3 Å². The van der Waals surface area contributed by atoms with E-state index in [1.165, 1.54) is 26.5 Å². The summed E-state index contributed by atoms with van der Waals surface area (Å²) in [4.78, 5) is 2.47. The predicted octanol–water partition coefficient (Wildman–Crippen LogP) is 9.84. The van der Waals surface area contributed by atoms with E-state index in [0.717, 1.165) is 6.42 Å². The Balaban J connectivity index is 0. The molecule has 1 atom stereocenters. The molecule has 1 heterocycles. The molecule has 0 saturated carbocycles. The van der Waals surface area contributed by atoms with Crippen LogP contribution in [-0.4, -0.2) is 0 Å². The first kappa shape index (κ1) is 27.9. The van der Waals surface area contributed by atoms with Crippen molar-refractivity contribution in [2.45, 2.75) is 75.7 Å². The molecule has 1 rings (SSSR count). The minimum Gasteiger partial charge on any atom is -0.135 e. The van der Waals surface area contributed by atoms with Gasteiger partial charge in [0.05, 0.1) is 0 Å². The maximum absolute atomic E-state index is 4.51. The fraction of sp³-hybridized carbons (Fsp3) is 0.538. The van der Waals surface area contributed by atoms with Gasteiger partial charge in [-0.25, -0.2) is 0 Å². The molecule has 0 nitrogen and oxygen atoms in total. The van der Waals surface area contributed by atoms with Gasteiger partial charge in [-0.3, -0.25) is 0 Å². The molecule has 1 unspecified atom stereocenters. The van der Waals surface area contributed by atoms with E-state index in [4.69, 9.17) is 0 Å². The summed E-state index contributed by atoms with van der Waals surface area (Å²) in [6.07, 6.45) is 9.28. The molecule has 0 aliphatic carbocycles. The average Bonchev–Trinajstić information content (AvgIpc) is 2.99. The van der Waals surface area contributed by atoms with E-state index < -0.39 is 0 Å². The predicted molar refractivity (Wildman–Crippen MR) is 133 cm³/mol. The summed E-state index contributed by atoms with van der Waals surface area (Å²) in [5.41, 5.74) is 3.85. The summed E-state index contributed by atoms with van der Waals surface area (Å²) < 4.78 is 0. The molecule has 154 valence electrons. The highest BCUT2D eigenvalue weighted by molar-refractivity contribution is 7.14. The smallest absolute Gasteiger partial charge is 0.0384 e. The highest BCUT2D eigenvalue weighted by Gasteiger charge is 2.30. The van der Waals surface area contributed by atoms with Gasteiger partial charge in [-0.05, 0) is 47.3 Å². The van der Waals surface area contributed by atoms with E-state index in [-0.39, 0.29) is 5.41 Å². The maximum Gasteiger partial charge on any atom is 0.0384 e. The molecule has 0 N–H and O–H groups in total. The third-order valence-electron chi connectivity index (χ3n) is 4.20. The van der Waals surface area contributed by atoms with Gasteiger partial charge in [0.15, 0.2) is 0 Å². The van der Waals surface area contributed by atoms with E-state index >= 15 is 0 Å². The standard InChI is InChI=1S/C22H32S.2C2H6/c1-10-13-18-17(11-2)21(23-20(18)12-3)16(6)19(14-15(4)5)22(7,8)9;2*1-2/h10-13,15,19H,2-3,6,14H2,1,4-5,7-9H3;2*1-2H3/b13-10-;;. The fourth-order valence-corrected chi connectivity index (χ4v) is 4.22. The fourth-order valence-electron chi connectivity index (χ4n) is 3.05. The molecule has 1 aromatic heterocycles. The summed E-state index contributed by atoms with van der Waals surface area (Å²) in [5, 5.41) is 0. The van der Waals surface area contributed by atoms with Gasteiger partial charge >= 0.3 is 0 Å². The van der Waals surface area contributed by atoms with Gasteiger partial charge in [-0.2, -0.15) is 0 Å². The molecule has 0 radical (unpaired) electrons. The number of hydrogen-bond donors (Lipinski definition) is 0. The topological polar surface area (TPSA) is 0 Å². The van der Waals surface area contributed by atoms with Crippen LogP contribution in [0.4, 0.5) is 0 Å². The molecule has 0 fully saturated rings. The van der Waals surface area contributed by atoms with Gasteiger partial charge in [0.2, 0.25) is 0 Å². The van der Waals surface area contributed by atoms with E-state index in [1.54, 1.807) is 11.3 Å². The molecule has 27 heavy (non-hydrogen) atoms. The zero-order chi connectivity index (χ0) is 21.8. The first-order valence-corrected chi connectivity index (χ1v) is 11.2. The van der Waals surface area contributed by atoms with Crippen molar-refractivity contribution in [2.75, 3.05) is 0 Å². The largest absolute Gasteiger partial charge is 0.135 e. The summed E-state index contributed by atoms with van der Waals surface area (Å²) in [6.45, 7) is 34.1. The molecule has 0 amide bonds. The van der Waals surface area contributed by atoms with Crippen LogP contribution < -0.4 is 0 Å². The molecule has 0 spiro atoms. The second-order valence-electron chi connectivity index (χ2n) is 7.60. The van der Waals surface area contributed by atoms with Crippen LogP contribution in [-0.2, 0) is 0 Å². The van der Waals surface area contributed by atoms with Gasteiger partial charge < -0.3 is 0 Å². The Bertz CT molecular complexity index is 603. The zero-order valence-electron chi connectivity index (χ0n) is 19.7. The molecule has 0 saturated heterocycles. The molecule has 0 aromatic carbocycles. The first-order chi connectivity index (χ1) is 12.7. The van der Waals surface area contributed by atoms with Crippen molar-refractivity contribution in [1.29, 1.82) is 0 Å². The monoisotopic (exact) mass is 388 g/mol. The van der Waals surface area contributed by atoms with Crippen LogP contribution in [0.5, 0.6) is 0 Å². The van der Waals surface area contributed by atoms with Gasteiger partial charge in [0, 0.05) is 9.75 Å². The minimum absolute atomic E-state index is 0.193. The highest BCUT2D eigenvalue weighted by Crippen LogP contribution is 2.45. The van der Waals surface area contributed by atoms with Crippen LogP contribution in [0, 0.1) is 17.3 Å². The molecule has 1 heteroatoms. The second kappa shape index (κ2) is 13.8. The van der Waals surface area contributed by atoms with Gasteiger partial charge in [0.25, 0.3) is 0 Å². The molecule has 1 aromatic rings. The zero-order valence-corrected chi connectivity index (χ0v) is 20.5. The van der Waals surface area contributed by atoms with Gasteiger partial charge in [-0.1, -0.05) is 106 Å². The Labute approximate surface area is 174 Å². The van der Waals surface area contributed by atoms with Crippen LogP contribution in [0.15, 0.2) is 25.8 Å². The van der Waals surface area contributed by atoms with Crippen LogP contribution in [0.1, 0.15) is 96.5 Å². The van der Waals surface area contributed by atoms with E-state index in [2.05, 4.69) is 66.5 Å². The molecule has 0 bridgehead atoms. The lowest BCUT2D eigenvalue weighted by Gasteiger charge is -2.34. The lowest BCUT2D eigenvalue weighted by Crippen LogP contribution is -2.23. The first-order valence-electron chi connectivity index (χ1n) is 10.4. The summed E-state index contributed by atoms with van der Waals surface area (Å²) in [5.74, 6) is 1.10. The van der Waals surface area contributed by atoms with Crippen molar-refractivity contribution in [3.63, 3.8) is 0 Å². The molecule has 0 aliphatic rings. The van der Waals surface area contributed by atoms with E-state index in [1.807, 2.05) is 46.8 Å². The summed E-state index contributed by atoms with van der Waals surface area (Å²) >= 11 is 1.79. The Morgan fingerprint density at radius 2 is 1.52 bits per heavy atom. The number of hydrogen-bond acceptors (Lipinski definition) is 1. The van der Waals surface area contributed by atoms with Crippen molar-refractivity contribution in [2.24, 2.45) is 17.3 Å². The SMILES string of the molecule is C=Cc1sc(C(=C)C(CC(C)C)C(C)(C)C)c(C=C)c1/C=C\C.CC.CC. The Morgan fingerprint density at radius 3 is 1.85 bits per heavy atom. The Hall–Kier alpha value is -1.34. The van der Waals surface area contributed by atoms with Crippen molar-refractivity contribution in [3.8, 4) is 0 Å². The van der Waals surface area contributed by atoms with Crippen molar-refractivity contribution >= 4 is 35.1 Å². The van der Waals surface area contributed by atoms with E-state index in [9.17, 15) is 0 Å². The molecular formula is C26H44S. The van der Waals surface area contributed by atoms with Crippen molar-refractivity contribution < 1.29 is 0 Å². The Morgan fingerprint density at radius 1 is 1.00 bits per heavy atom. The average molecular weight is 389 g/mol. The number of rotatable bonds is 7. The van der Waals surface area contributed by atoms with Crippen LogP contribution in [0.2, 0.25) is 0 Å². The Kier molecular flexibility index (Phi) is 14.2. The van der Waals surface area contributed by atoms with Gasteiger partial charge in [0.1, 0.15) is 0 Å². The highest BCUT2D eigenvalue weighted by atomic mass is 32.1.